The molecule has 3 heteroatoms. The molecule has 0 aliphatic heterocycles. The van der Waals surface area contributed by atoms with Gasteiger partial charge in [0.1, 0.15) is 0 Å². The summed E-state index contributed by atoms with van der Waals surface area (Å²) in [5.41, 5.74) is 18.2. The molecule has 0 saturated carbocycles. The van der Waals surface area contributed by atoms with E-state index in [9.17, 15) is 0 Å². The highest BCUT2D eigenvalue weighted by atomic mass is 15.0. The summed E-state index contributed by atoms with van der Waals surface area (Å²) in [6.07, 6.45) is 0. The van der Waals surface area contributed by atoms with Crippen molar-refractivity contribution in [1.29, 1.82) is 0 Å². The van der Waals surface area contributed by atoms with E-state index >= 15 is 0 Å². The second kappa shape index (κ2) is 13.5. The summed E-state index contributed by atoms with van der Waals surface area (Å²) in [7, 11) is 0. The zero-order valence-electron chi connectivity index (χ0n) is 35.2. The maximum absolute atomic E-state index is 5.19. The van der Waals surface area contributed by atoms with Gasteiger partial charge < -0.3 is 0 Å². The maximum atomic E-state index is 5.19. The minimum Gasteiger partial charge on any atom is -0.208 e. The predicted octanol–water partition coefficient (Wildman–Crippen LogP) is 15.1. The van der Waals surface area contributed by atoms with Gasteiger partial charge in [0.05, 0.1) is 0 Å². The first-order chi connectivity index (χ1) is 30.3. The van der Waals surface area contributed by atoms with Gasteiger partial charge in [0.2, 0.25) is 0 Å². The standard InChI is InChI=1S/C59H43N3/c1-58(2)49-25-15-13-21-41(49)43-30-27-38(34-51(43)58)53-45-23-11-12-24-46(45)54(39-28-31-44-42-22-14-16-26-50(42)59(3,4)52(44)35-39)48-33-40(29-32-47(48)53)57-61-55(36-17-7-5-8-18-36)60-56(62-57)37-19-9-6-10-20-37/h5-35H,1-4H3. The third-order valence-electron chi connectivity index (χ3n) is 13.7. The number of rotatable bonds is 5. The quantitative estimate of drug-likeness (QED) is 0.163. The molecule has 2 aliphatic rings. The Morgan fingerprint density at radius 3 is 1.15 bits per heavy atom. The summed E-state index contributed by atoms with van der Waals surface area (Å²) in [5.74, 6) is 1.94. The van der Waals surface area contributed by atoms with Crippen LogP contribution in [-0.4, -0.2) is 15.0 Å². The van der Waals surface area contributed by atoms with Crippen molar-refractivity contribution >= 4 is 21.5 Å². The van der Waals surface area contributed by atoms with Crippen LogP contribution in [0, 0.1) is 0 Å². The molecule has 0 atom stereocenters. The Kier molecular flexibility index (Phi) is 7.92. The fraction of sp³-hybridized carbons (Fsp3) is 0.102. The molecule has 3 nitrogen and oxygen atoms in total. The SMILES string of the molecule is CC1(C)c2ccccc2-c2ccc(-c3c4ccccc4c(-c4ccc5c(c4)C(C)(C)c4ccccc4-5)c4cc(-c5nc(-c6ccccc6)nc(-c6ccccc6)n5)ccc34)cc21. The molecule has 0 amide bonds. The van der Waals surface area contributed by atoms with Crippen LogP contribution in [-0.2, 0) is 10.8 Å². The van der Waals surface area contributed by atoms with Gasteiger partial charge in [0.25, 0.3) is 0 Å². The maximum Gasteiger partial charge on any atom is 0.164 e. The van der Waals surface area contributed by atoms with Crippen molar-refractivity contribution in [2.45, 2.75) is 38.5 Å². The number of nitrogens with zero attached hydrogens (tertiary/aromatic N) is 3. The first kappa shape index (κ1) is 36.4. The van der Waals surface area contributed by atoms with Gasteiger partial charge in [0.15, 0.2) is 17.5 Å². The molecule has 0 saturated heterocycles. The minimum atomic E-state index is -0.139. The fourth-order valence-electron chi connectivity index (χ4n) is 10.6. The van der Waals surface area contributed by atoms with Crippen LogP contribution in [0.4, 0.5) is 0 Å². The molecule has 294 valence electrons. The molecule has 0 radical (unpaired) electrons. The Morgan fingerprint density at radius 1 is 0.274 bits per heavy atom. The van der Waals surface area contributed by atoms with E-state index in [4.69, 9.17) is 15.0 Å². The number of hydrogen-bond donors (Lipinski definition) is 0. The zero-order chi connectivity index (χ0) is 41.7. The van der Waals surface area contributed by atoms with Crippen molar-refractivity contribution in [3.05, 3.63) is 210 Å². The van der Waals surface area contributed by atoms with Crippen molar-refractivity contribution in [3.63, 3.8) is 0 Å². The van der Waals surface area contributed by atoms with Gasteiger partial charge in [-0.1, -0.05) is 198 Å². The van der Waals surface area contributed by atoms with Gasteiger partial charge in [-0.3, -0.25) is 0 Å². The lowest BCUT2D eigenvalue weighted by molar-refractivity contribution is 0.660. The van der Waals surface area contributed by atoms with Crippen LogP contribution in [0.2, 0.25) is 0 Å². The third kappa shape index (κ3) is 5.41. The van der Waals surface area contributed by atoms with Crippen LogP contribution < -0.4 is 0 Å². The Bertz CT molecular complexity index is 3400. The summed E-state index contributed by atoms with van der Waals surface area (Å²) in [4.78, 5) is 15.4. The lowest BCUT2D eigenvalue weighted by Crippen LogP contribution is -2.15. The number of benzene rings is 9. The van der Waals surface area contributed by atoms with E-state index in [1.807, 2.05) is 36.4 Å². The van der Waals surface area contributed by atoms with Gasteiger partial charge in [-0.2, -0.15) is 0 Å². The van der Waals surface area contributed by atoms with Gasteiger partial charge in [0, 0.05) is 27.5 Å². The zero-order valence-corrected chi connectivity index (χ0v) is 35.2. The van der Waals surface area contributed by atoms with Crippen molar-refractivity contribution in [2.24, 2.45) is 0 Å². The predicted molar refractivity (Wildman–Crippen MR) is 257 cm³/mol. The van der Waals surface area contributed by atoms with E-state index in [0.29, 0.717) is 17.5 Å². The Hall–Kier alpha value is -7.49. The topological polar surface area (TPSA) is 38.7 Å². The molecule has 0 fully saturated rings. The molecule has 0 N–H and O–H groups in total. The number of fused-ring (bicyclic) bond motifs is 8. The van der Waals surface area contributed by atoms with Crippen LogP contribution >= 0.6 is 0 Å². The third-order valence-corrected chi connectivity index (χ3v) is 13.7. The van der Waals surface area contributed by atoms with Crippen LogP contribution in [0.25, 0.3) is 100 Å². The van der Waals surface area contributed by atoms with E-state index < -0.39 is 0 Å². The Balaban J connectivity index is 1.14. The smallest absolute Gasteiger partial charge is 0.164 e. The molecule has 0 bridgehead atoms. The summed E-state index contributed by atoms with van der Waals surface area (Å²) >= 11 is 0. The average Bonchev–Trinajstić information content (AvgIpc) is 3.69. The minimum absolute atomic E-state index is 0.124. The normalized spacial score (nSPS) is 14.1. The lowest BCUT2D eigenvalue weighted by Gasteiger charge is -2.24. The van der Waals surface area contributed by atoms with Gasteiger partial charge in [-0.15, -0.1) is 0 Å². The molecule has 1 aromatic heterocycles. The number of aromatic nitrogens is 3. The molecular weight excluding hydrogens is 751 g/mol. The molecule has 2 aliphatic carbocycles. The molecular formula is C59H43N3. The highest BCUT2D eigenvalue weighted by Gasteiger charge is 2.37. The first-order valence-corrected chi connectivity index (χ1v) is 21.6. The largest absolute Gasteiger partial charge is 0.208 e. The highest BCUT2D eigenvalue weighted by molar-refractivity contribution is 6.22. The fourth-order valence-corrected chi connectivity index (χ4v) is 10.6. The van der Waals surface area contributed by atoms with Crippen LogP contribution in [0.3, 0.4) is 0 Å². The molecule has 0 unspecified atom stereocenters. The van der Waals surface area contributed by atoms with E-state index in [1.165, 1.54) is 82.9 Å². The molecule has 62 heavy (non-hydrogen) atoms. The number of hydrogen-bond acceptors (Lipinski definition) is 3. The highest BCUT2D eigenvalue weighted by Crippen LogP contribution is 2.53. The van der Waals surface area contributed by atoms with Gasteiger partial charge in [-0.05, 0) is 107 Å². The molecule has 0 spiro atoms. The molecule has 12 rings (SSSR count). The van der Waals surface area contributed by atoms with E-state index in [0.717, 1.165) is 22.1 Å². The molecule has 1 heterocycles. The van der Waals surface area contributed by atoms with E-state index in [-0.39, 0.29) is 10.8 Å². The molecule has 9 aromatic carbocycles. The second-order valence-electron chi connectivity index (χ2n) is 18.0. The van der Waals surface area contributed by atoms with Crippen LogP contribution in [0.1, 0.15) is 49.9 Å². The summed E-state index contributed by atoms with van der Waals surface area (Å²) < 4.78 is 0. The van der Waals surface area contributed by atoms with Crippen molar-refractivity contribution < 1.29 is 0 Å². The van der Waals surface area contributed by atoms with Gasteiger partial charge >= 0.3 is 0 Å². The Labute approximate surface area is 362 Å². The summed E-state index contributed by atoms with van der Waals surface area (Å²) in [5, 5.41) is 4.81. The monoisotopic (exact) mass is 793 g/mol. The molecule has 10 aromatic rings. The summed E-state index contributed by atoms with van der Waals surface area (Å²) in [6.45, 7) is 9.45. The lowest BCUT2D eigenvalue weighted by atomic mass is 9.79. The summed E-state index contributed by atoms with van der Waals surface area (Å²) in [6, 6.07) is 68.4. The van der Waals surface area contributed by atoms with Crippen LogP contribution in [0.15, 0.2) is 188 Å². The second-order valence-corrected chi connectivity index (χ2v) is 18.0. The van der Waals surface area contributed by atoms with Crippen molar-refractivity contribution in [2.75, 3.05) is 0 Å². The average molecular weight is 794 g/mol. The van der Waals surface area contributed by atoms with Crippen molar-refractivity contribution in [3.8, 4) is 78.7 Å². The van der Waals surface area contributed by atoms with Crippen LogP contribution in [0.5, 0.6) is 0 Å². The van der Waals surface area contributed by atoms with E-state index in [1.54, 1.807) is 0 Å². The Morgan fingerprint density at radius 2 is 0.645 bits per heavy atom. The van der Waals surface area contributed by atoms with Gasteiger partial charge in [-0.25, -0.2) is 15.0 Å². The first-order valence-electron chi connectivity index (χ1n) is 21.6. The van der Waals surface area contributed by atoms with E-state index in [2.05, 4.69) is 179 Å². The van der Waals surface area contributed by atoms with Crippen molar-refractivity contribution in [1.82, 2.24) is 15.0 Å².